The number of rotatable bonds is 8. The second-order valence-electron chi connectivity index (χ2n) is 6.07. The van der Waals surface area contributed by atoms with Crippen molar-refractivity contribution in [2.75, 3.05) is 19.4 Å². The van der Waals surface area contributed by atoms with Gasteiger partial charge in [0.15, 0.2) is 0 Å². The largest absolute Gasteiger partial charge is 0.465 e. The van der Waals surface area contributed by atoms with Crippen molar-refractivity contribution >= 4 is 34.5 Å². The van der Waals surface area contributed by atoms with Gasteiger partial charge in [0, 0.05) is 35.2 Å². The lowest BCUT2D eigenvalue weighted by molar-refractivity contribution is -0.121. The van der Waals surface area contributed by atoms with E-state index in [0.29, 0.717) is 12.1 Å². The number of hydrogen-bond acceptors (Lipinski definition) is 4. The van der Waals surface area contributed by atoms with Crippen LogP contribution in [0.25, 0.3) is 10.9 Å². The summed E-state index contributed by atoms with van der Waals surface area (Å²) in [5.41, 5.74) is 2.59. The van der Waals surface area contributed by atoms with Crippen LogP contribution in [0.3, 0.4) is 0 Å². The molecule has 0 saturated carbocycles. The molecule has 3 aromatic rings. The van der Waals surface area contributed by atoms with Gasteiger partial charge in [-0.15, -0.1) is 0 Å². The molecule has 0 spiro atoms. The van der Waals surface area contributed by atoms with Gasteiger partial charge in [0.05, 0.1) is 12.7 Å². The number of thioether (sulfide) groups is 1. The average molecular weight is 382 g/mol. The first-order valence-electron chi connectivity index (χ1n) is 8.73. The molecule has 0 aliphatic rings. The molecule has 6 heteroatoms. The number of nitrogens with one attached hydrogen (secondary N) is 1. The Balaban J connectivity index is 1.53. The van der Waals surface area contributed by atoms with Crippen LogP contribution in [-0.2, 0) is 21.8 Å². The molecule has 3 rings (SSSR count). The Hall–Kier alpha value is -2.73. The highest BCUT2D eigenvalue weighted by atomic mass is 32.2. The van der Waals surface area contributed by atoms with Gasteiger partial charge in [-0.25, -0.2) is 4.79 Å². The topological polar surface area (TPSA) is 60.3 Å². The molecule has 1 N–H and O–H groups in total. The van der Waals surface area contributed by atoms with Crippen molar-refractivity contribution in [1.29, 1.82) is 0 Å². The fourth-order valence-corrected chi connectivity index (χ4v) is 3.71. The highest BCUT2D eigenvalue weighted by molar-refractivity contribution is 7.98. The van der Waals surface area contributed by atoms with E-state index in [2.05, 4.69) is 17.4 Å². The quantitative estimate of drug-likeness (QED) is 0.479. The van der Waals surface area contributed by atoms with Crippen LogP contribution in [0.1, 0.15) is 15.9 Å². The van der Waals surface area contributed by atoms with E-state index in [0.717, 1.165) is 22.4 Å². The normalized spacial score (nSPS) is 10.7. The van der Waals surface area contributed by atoms with E-state index in [-0.39, 0.29) is 12.5 Å². The summed E-state index contributed by atoms with van der Waals surface area (Å²) in [4.78, 5) is 24.2. The van der Waals surface area contributed by atoms with Gasteiger partial charge in [-0.1, -0.05) is 48.5 Å². The lowest BCUT2D eigenvalue weighted by Crippen LogP contribution is -2.29. The Kier molecular flexibility index (Phi) is 6.54. The molecular formula is C21H22N2O3S. The van der Waals surface area contributed by atoms with E-state index in [4.69, 9.17) is 4.74 Å². The standard InChI is InChI=1S/C21H22N2O3S/c1-26-21(25)18-13-23(19-10-6-5-9-17(18)19)14-20(24)22-11-12-27-15-16-7-3-2-4-8-16/h2-10,13H,11-12,14-15H2,1H3,(H,22,24). The number of fused-ring (bicyclic) bond motifs is 1. The van der Waals surface area contributed by atoms with Crippen LogP contribution in [0.5, 0.6) is 0 Å². The van der Waals surface area contributed by atoms with Gasteiger partial charge in [0.2, 0.25) is 5.91 Å². The van der Waals surface area contributed by atoms with Gasteiger partial charge >= 0.3 is 5.97 Å². The number of hydrogen-bond donors (Lipinski definition) is 1. The molecule has 0 saturated heterocycles. The zero-order valence-electron chi connectivity index (χ0n) is 15.2. The summed E-state index contributed by atoms with van der Waals surface area (Å²) in [7, 11) is 1.36. The lowest BCUT2D eigenvalue weighted by Gasteiger charge is -2.07. The van der Waals surface area contributed by atoms with Gasteiger partial charge < -0.3 is 14.6 Å². The molecule has 0 aliphatic carbocycles. The van der Waals surface area contributed by atoms with E-state index in [1.54, 1.807) is 22.5 Å². The van der Waals surface area contributed by atoms with Crippen molar-refractivity contribution in [3.8, 4) is 0 Å². The fraction of sp³-hybridized carbons (Fsp3) is 0.238. The summed E-state index contributed by atoms with van der Waals surface area (Å²) in [6.07, 6.45) is 1.68. The fourth-order valence-electron chi connectivity index (χ4n) is 2.89. The number of methoxy groups -OCH3 is 1. The highest BCUT2D eigenvalue weighted by Crippen LogP contribution is 2.22. The van der Waals surface area contributed by atoms with Crippen LogP contribution in [-0.4, -0.2) is 35.9 Å². The maximum Gasteiger partial charge on any atom is 0.340 e. The molecule has 1 heterocycles. The van der Waals surface area contributed by atoms with Crippen molar-refractivity contribution in [1.82, 2.24) is 9.88 Å². The number of nitrogens with zero attached hydrogens (tertiary/aromatic N) is 1. The third-order valence-corrected chi connectivity index (χ3v) is 5.22. The second-order valence-corrected chi connectivity index (χ2v) is 7.17. The molecule has 140 valence electrons. The Morgan fingerprint density at radius 3 is 2.59 bits per heavy atom. The van der Waals surface area contributed by atoms with Crippen LogP contribution in [0.2, 0.25) is 0 Å². The Morgan fingerprint density at radius 1 is 1.07 bits per heavy atom. The summed E-state index contributed by atoms with van der Waals surface area (Å²) >= 11 is 1.79. The summed E-state index contributed by atoms with van der Waals surface area (Å²) in [5, 5.41) is 3.73. The molecule has 1 amide bonds. The number of benzene rings is 2. The average Bonchev–Trinajstić information content (AvgIpc) is 3.06. The van der Waals surface area contributed by atoms with E-state index < -0.39 is 5.97 Å². The van der Waals surface area contributed by atoms with Crippen molar-refractivity contribution in [2.24, 2.45) is 0 Å². The van der Waals surface area contributed by atoms with Gasteiger partial charge in [0.25, 0.3) is 0 Å². The third-order valence-electron chi connectivity index (χ3n) is 4.19. The minimum Gasteiger partial charge on any atom is -0.465 e. The molecule has 2 aromatic carbocycles. The first-order chi connectivity index (χ1) is 13.2. The first kappa shape index (κ1) is 19.0. The van der Waals surface area contributed by atoms with Crippen molar-refractivity contribution in [3.63, 3.8) is 0 Å². The highest BCUT2D eigenvalue weighted by Gasteiger charge is 2.16. The van der Waals surface area contributed by atoms with Crippen LogP contribution in [0.4, 0.5) is 0 Å². The molecule has 0 bridgehead atoms. The zero-order chi connectivity index (χ0) is 19.1. The summed E-state index contributed by atoms with van der Waals surface area (Å²) < 4.78 is 6.62. The van der Waals surface area contributed by atoms with Crippen LogP contribution >= 0.6 is 11.8 Å². The zero-order valence-corrected chi connectivity index (χ0v) is 16.0. The van der Waals surface area contributed by atoms with Crippen LogP contribution < -0.4 is 5.32 Å². The number of carbonyl (C=O) groups is 2. The molecule has 0 atom stereocenters. The molecule has 27 heavy (non-hydrogen) atoms. The number of carbonyl (C=O) groups excluding carboxylic acids is 2. The van der Waals surface area contributed by atoms with E-state index in [1.807, 2.05) is 42.5 Å². The molecule has 0 aliphatic heterocycles. The molecule has 1 aromatic heterocycles. The number of esters is 1. The Bertz CT molecular complexity index is 922. The maximum absolute atomic E-state index is 12.3. The maximum atomic E-state index is 12.3. The number of aromatic nitrogens is 1. The van der Waals surface area contributed by atoms with Gasteiger partial charge in [-0.2, -0.15) is 11.8 Å². The third kappa shape index (κ3) is 4.92. The molecular weight excluding hydrogens is 360 g/mol. The van der Waals surface area contributed by atoms with Crippen LogP contribution in [0, 0.1) is 0 Å². The van der Waals surface area contributed by atoms with Crippen molar-refractivity contribution in [2.45, 2.75) is 12.3 Å². The first-order valence-corrected chi connectivity index (χ1v) is 9.89. The van der Waals surface area contributed by atoms with Gasteiger partial charge in [0.1, 0.15) is 6.54 Å². The smallest absolute Gasteiger partial charge is 0.340 e. The SMILES string of the molecule is COC(=O)c1cn(CC(=O)NCCSCc2ccccc2)c2ccccc12. The van der Waals surface area contributed by atoms with E-state index in [9.17, 15) is 9.59 Å². The lowest BCUT2D eigenvalue weighted by atomic mass is 10.2. The second kappa shape index (κ2) is 9.28. The van der Waals surface area contributed by atoms with Crippen LogP contribution in [0.15, 0.2) is 60.8 Å². The minimum atomic E-state index is -0.400. The predicted molar refractivity (Wildman–Crippen MR) is 109 cm³/mol. The molecule has 5 nitrogen and oxygen atoms in total. The van der Waals surface area contributed by atoms with Crippen molar-refractivity contribution < 1.29 is 14.3 Å². The van der Waals surface area contributed by atoms with Gasteiger partial charge in [-0.05, 0) is 11.6 Å². The minimum absolute atomic E-state index is 0.0764. The summed E-state index contributed by atoms with van der Waals surface area (Å²) in [6, 6.07) is 17.8. The number of para-hydroxylation sites is 1. The number of amides is 1. The molecule has 0 radical (unpaired) electrons. The van der Waals surface area contributed by atoms with E-state index >= 15 is 0 Å². The molecule has 0 fully saturated rings. The Labute approximate surface area is 162 Å². The van der Waals surface area contributed by atoms with Gasteiger partial charge in [-0.3, -0.25) is 4.79 Å². The van der Waals surface area contributed by atoms with Crippen molar-refractivity contribution in [3.05, 3.63) is 71.9 Å². The predicted octanol–water partition coefficient (Wildman–Crippen LogP) is 3.48. The summed E-state index contributed by atoms with van der Waals surface area (Å²) in [5.74, 6) is 1.30. The Morgan fingerprint density at radius 2 is 1.81 bits per heavy atom. The number of ether oxygens (including phenoxy) is 1. The summed E-state index contributed by atoms with van der Waals surface area (Å²) in [6.45, 7) is 0.778. The monoisotopic (exact) mass is 382 g/mol. The van der Waals surface area contributed by atoms with E-state index in [1.165, 1.54) is 12.7 Å². The molecule has 0 unspecified atom stereocenters.